The van der Waals surface area contributed by atoms with Crippen LogP contribution in [0.5, 0.6) is 0 Å². The number of nitrogens with zero attached hydrogens (tertiary/aromatic N) is 1. The average Bonchev–Trinajstić information content (AvgIpc) is 2.49. The number of halogens is 12. The Bertz CT molecular complexity index is 460. The van der Waals surface area contributed by atoms with E-state index in [1.54, 1.807) is 0 Å². The largest absolute Gasteiger partial charge is 0.385 e. The quantitative estimate of drug-likeness (QED) is 0.536. The summed E-state index contributed by atoms with van der Waals surface area (Å²) in [7, 11) is 0. The molecule has 0 unspecified atom stereocenters. The fraction of sp³-hybridized carbons (Fsp3) is 0.857. The number of nitrogens with two attached hydrogens (primary N) is 1. The molecule has 0 fully saturated rings. The number of nitrogens with one attached hydrogen (secondary N) is 1. The number of alkyl halides is 12. The van der Waals surface area contributed by atoms with Crippen LogP contribution in [0.4, 0.5) is 35.1 Å². The number of aliphatic imine (C=N–C) groups is 1. The SMILES string of the molecule is NC1=NC(C(F)(F)Cl)(C(F)(F)Cl)NC1(C(F)(F)Cl)C(F)(F)Cl. The second kappa shape index (κ2) is 5.01. The van der Waals surface area contributed by atoms with Crippen LogP contribution in [-0.2, 0) is 0 Å². The smallest absolute Gasteiger partial charge is 0.367 e. The maximum atomic E-state index is 13.4. The van der Waals surface area contributed by atoms with Crippen molar-refractivity contribution >= 4 is 52.2 Å². The van der Waals surface area contributed by atoms with Gasteiger partial charge < -0.3 is 5.73 Å². The molecule has 0 saturated heterocycles. The summed E-state index contributed by atoms with van der Waals surface area (Å²) in [6, 6.07) is 0. The number of rotatable bonds is 4. The predicted octanol–water partition coefficient (Wildman–Crippen LogP) is 3.71. The van der Waals surface area contributed by atoms with Crippen molar-refractivity contribution < 1.29 is 35.1 Å². The Morgan fingerprint density at radius 3 is 1.23 bits per heavy atom. The van der Waals surface area contributed by atoms with E-state index in [-0.39, 0.29) is 0 Å². The van der Waals surface area contributed by atoms with Gasteiger partial charge in [0.1, 0.15) is 5.84 Å². The maximum absolute atomic E-state index is 13.4. The normalized spacial score (nSPS) is 22.6. The molecular weight excluding hydrogens is 420 g/mol. The Morgan fingerprint density at radius 1 is 0.773 bits per heavy atom. The van der Waals surface area contributed by atoms with E-state index in [1.807, 2.05) is 0 Å². The lowest BCUT2D eigenvalue weighted by Crippen LogP contribution is -2.76. The summed E-state index contributed by atoms with van der Waals surface area (Å²) in [5.41, 5.74) is -4.54. The summed E-state index contributed by atoms with van der Waals surface area (Å²) in [4.78, 5) is 2.24. The fourth-order valence-corrected chi connectivity index (χ4v) is 2.69. The van der Waals surface area contributed by atoms with E-state index in [0.717, 1.165) is 0 Å². The van der Waals surface area contributed by atoms with Gasteiger partial charge in [-0.2, -0.15) is 35.1 Å². The molecule has 130 valence electrons. The van der Waals surface area contributed by atoms with Crippen LogP contribution in [-0.4, -0.2) is 38.6 Å². The lowest BCUT2D eigenvalue weighted by molar-refractivity contribution is -0.152. The number of hydrogen-bond acceptors (Lipinski definition) is 3. The molecule has 1 heterocycles. The third-order valence-electron chi connectivity index (χ3n) is 2.71. The molecule has 1 aliphatic rings. The van der Waals surface area contributed by atoms with E-state index in [2.05, 4.69) is 51.4 Å². The van der Waals surface area contributed by atoms with Crippen LogP contribution in [0.25, 0.3) is 0 Å². The molecule has 0 bridgehead atoms. The molecular formula is C7H3Cl4F8N3. The molecule has 0 aliphatic carbocycles. The molecule has 22 heavy (non-hydrogen) atoms. The zero-order valence-electron chi connectivity index (χ0n) is 9.56. The van der Waals surface area contributed by atoms with Crippen molar-refractivity contribution in [1.82, 2.24) is 5.32 Å². The highest BCUT2D eigenvalue weighted by atomic mass is 35.5. The average molecular weight is 423 g/mol. The van der Waals surface area contributed by atoms with Crippen LogP contribution in [0.3, 0.4) is 0 Å². The van der Waals surface area contributed by atoms with Crippen LogP contribution >= 0.6 is 46.4 Å². The van der Waals surface area contributed by atoms with Gasteiger partial charge in [0.2, 0.25) is 5.54 Å². The Labute approximate surface area is 136 Å². The minimum Gasteiger partial charge on any atom is -0.385 e. The summed E-state index contributed by atoms with van der Waals surface area (Å²) in [5.74, 6) is -2.15. The van der Waals surface area contributed by atoms with Crippen molar-refractivity contribution in [3.05, 3.63) is 0 Å². The molecule has 0 spiro atoms. The Hall–Kier alpha value is 0.0300. The van der Waals surface area contributed by atoms with Gasteiger partial charge in [-0.05, 0) is 46.4 Å². The van der Waals surface area contributed by atoms with Crippen molar-refractivity contribution in [3.63, 3.8) is 0 Å². The van der Waals surface area contributed by atoms with Crippen molar-refractivity contribution in [3.8, 4) is 0 Å². The first kappa shape index (κ1) is 20.1. The summed E-state index contributed by atoms with van der Waals surface area (Å²) < 4.78 is 106. The molecule has 0 radical (unpaired) electrons. The first-order valence-electron chi connectivity index (χ1n) is 4.75. The van der Waals surface area contributed by atoms with Gasteiger partial charge in [0.05, 0.1) is 0 Å². The highest BCUT2D eigenvalue weighted by molar-refractivity contribution is 6.31. The second-order valence-electron chi connectivity index (χ2n) is 4.07. The highest BCUT2D eigenvalue weighted by Gasteiger charge is 2.82. The first-order valence-corrected chi connectivity index (χ1v) is 6.27. The topological polar surface area (TPSA) is 50.4 Å². The Balaban J connectivity index is 3.72. The summed E-state index contributed by atoms with van der Waals surface area (Å²) >= 11 is 17.6. The fourth-order valence-electron chi connectivity index (χ4n) is 1.65. The van der Waals surface area contributed by atoms with Crippen LogP contribution in [0, 0.1) is 0 Å². The third-order valence-corrected chi connectivity index (χ3v) is 3.83. The zero-order chi connectivity index (χ0) is 18.0. The van der Waals surface area contributed by atoms with E-state index >= 15 is 0 Å². The number of hydrogen-bond donors (Lipinski definition) is 2. The summed E-state index contributed by atoms with van der Waals surface area (Å²) in [6.45, 7) is 0. The van der Waals surface area contributed by atoms with E-state index in [1.165, 1.54) is 0 Å². The van der Waals surface area contributed by atoms with Gasteiger partial charge in [0, 0.05) is 0 Å². The molecule has 15 heteroatoms. The molecule has 0 aromatic heterocycles. The summed E-state index contributed by atoms with van der Waals surface area (Å²) in [5, 5.41) is -20.5. The van der Waals surface area contributed by atoms with Gasteiger partial charge in [-0.25, -0.2) is 4.99 Å². The Morgan fingerprint density at radius 2 is 1.09 bits per heavy atom. The molecule has 0 atom stereocenters. The molecule has 0 aromatic rings. The van der Waals surface area contributed by atoms with Gasteiger partial charge in [0.25, 0.3) is 5.66 Å². The van der Waals surface area contributed by atoms with Crippen molar-refractivity contribution in [2.75, 3.05) is 0 Å². The molecule has 0 saturated carbocycles. The second-order valence-corrected chi connectivity index (χ2v) is 5.97. The zero-order valence-corrected chi connectivity index (χ0v) is 12.6. The van der Waals surface area contributed by atoms with E-state index in [0.29, 0.717) is 5.32 Å². The molecule has 1 rings (SSSR count). The van der Waals surface area contributed by atoms with E-state index in [4.69, 9.17) is 5.73 Å². The van der Waals surface area contributed by atoms with Gasteiger partial charge in [-0.15, -0.1) is 0 Å². The van der Waals surface area contributed by atoms with Crippen LogP contribution in [0.2, 0.25) is 0 Å². The van der Waals surface area contributed by atoms with E-state index in [9.17, 15) is 35.1 Å². The third kappa shape index (κ3) is 2.58. The number of amidine groups is 1. The minimum atomic E-state index is -5.24. The van der Waals surface area contributed by atoms with Crippen molar-refractivity contribution in [2.24, 2.45) is 10.7 Å². The standard InChI is InChI=1S/C7H3Cl4F8N3/c8-4(12,13)2(5(9,14)15)1(20)21-3(22-2,6(10,16)17)7(11,18)19/h22H,(H2,20,21). The Kier molecular flexibility index (Phi) is 4.57. The first-order chi connectivity index (χ1) is 9.33. The lowest BCUT2D eigenvalue weighted by Gasteiger charge is -2.41. The molecule has 1 aliphatic heterocycles. The van der Waals surface area contributed by atoms with Crippen LogP contribution in [0.15, 0.2) is 4.99 Å². The van der Waals surface area contributed by atoms with Crippen LogP contribution < -0.4 is 11.1 Å². The highest BCUT2D eigenvalue weighted by Crippen LogP contribution is 2.56. The molecule has 0 amide bonds. The van der Waals surface area contributed by atoms with Gasteiger partial charge in [0.15, 0.2) is 0 Å². The van der Waals surface area contributed by atoms with Gasteiger partial charge in [-0.3, -0.25) is 5.32 Å². The van der Waals surface area contributed by atoms with Gasteiger partial charge in [-0.1, -0.05) is 0 Å². The van der Waals surface area contributed by atoms with Gasteiger partial charge >= 0.3 is 21.5 Å². The van der Waals surface area contributed by atoms with Crippen molar-refractivity contribution in [2.45, 2.75) is 32.7 Å². The monoisotopic (exact) mass is 421 g/mol. The minimum absolute atomic E-state index is 0.471. The summed E-state index contributed by atoms with van der Waals surface area (Å²) in [6.07, 6.45) is 0. The van der Waals surface area contributed by atoms with Crippen LogP contribution in [0.1, 0.15) is 0 Å². The van der Waals surface area contributed by atoms with E-state index < -0.39 is 38.6 Å². The maximum Gasteiger partial charge on any atom is 0.367 e. The molecule has 3 nitrogen and oxygen atoms in total. The predicted molar refractivity (Wildman–Crippen MR) is 63.4 cm³/mol. The lowest BCUT2D eigenvalue weighted by atomic mass is 9.98. The van der Waals surface area contributed by atoms with Crippen molar-refractivity contribution in [1.29, 1.82) is 0 Å². The molecule has 0 aromatic carbocycles. The molecule has 3 N–H and O–H groups in total.